The van der Waals surface area contributed by atoms with Gasteiger partial charge in [0.1, 0.15) is 0 Å². The number of hydrogen-bond acceptors (Lipinski definition) is 0. The molecule has 0 unspecified atom stereocenters. The van der Waals surface area contributed by atoms with E-state index in [4.69, 9.17) is 0 Å². The van der Waals surface area contributed by atoms with Crippen molar-refractivity contribution in [2.75, 3.05) is 0 Å². The van der Waals surface area contributed by atoms with Gasteiger partial charge in [0, 0.05) is 0 Å². The zero-order valence-electron chi connectivity index (χ0n) is 4.56. The van der Waals surface area contributed by atoms with Crippen molar-refractivity contribution >= 4 is 20.4 Å². The van der Waals surface area contributed by atoms with Gasteiger partial charge in [0.25, 0.3) is 0 Å². The third kappa shape index (κ3) is 1.33. The number of hydrogen-bond donors (Lipinski definition) is 0. The molecule has 1 rings (SSSR count). The van der Waals surface area contributed by atoms with E-state index in [0.717, 1.165) is 0 Å². The normalized spacial score (nSPS) is 9.43. The first-order valence-corrected chi connectivity index (χ1v) is 4.82. The average molecular weight is 208 g/mol. The monoisotopic (exact) mass is 210 g/mol. The Morgan fingerprint density at radius 2 is 2.14 bits per heavy atom. The number of aryl methyl sites for hydroxylation is 2. The molecule has 0 nitrogen and oxygen atoms in total. The second-order valence-corrected chi connectivity index (χ2v) is 4.92. The first kappa shape index (κ1) is 5.41. The summed E-state index contributed by atoms with van der Waals surface area (Å²) in [4.78, 5) is 0. The maximum atomic E-state index is 2.38. The molecule has 1 heteroatoms. The Hall–Kier alpha value is 0.270. The summed E-state index contributed by atoms with van der Waals surface area (Å²) < 4.78 is 3.99. The standard InChI is InChI=1S/C6H8Te/c1-5-3-6(2)7-4-5/h3-4H,1-2H3. The molecule has 0 aliphatic rings. The quantitative estimate of drug-likeness (QED) is 0.564. The van der Waals surface area contributed by atoms with Crippen LogP contribution in [0.2, 0.25) is 0 Å². The van der Waals surface area contributed by atoms with Gasteiger partial charge in [-0.2, -0.15) is 0 Å². The SMILES string of the molecule is Cc1c[te]c(C)c1. The van der Waals surface area contributed by atoms with Crippen LogP contribution in [0.1, 0.15) is 9.14 Å². The summed E-state index contributed by atoms with van der Waals surface area (Å²) >= 11 is 0.187. The summed E-state index contributed by atoms with van der Waals surface area (Å²) in [6.45, 7) is 4.39. The molecule has 0 saturated carbocycles. The van der Waals surface area contributed by atoms with Gasteiger partial charge in [-0.25, -0.2) is 0 Å². The van der Waals surface area contributed by atoms with Gasteiger partial charge < -0.3 is 0 Å². The van der Waals surface area contributed by atoms with E-state index in [-0.39, 0.29) is 20.4 Å². The second-order valence-electron chi connectivity index (χ2n) is 1.73. The van der Waals surface area contributed by atoms with Gasteiger partial charge in [-0.05, 0) is 0 Å². The molecule has 0 atom stereocenters. The van der Waals surface area contributed by atoms with Crippen LogP contribution in [0.4, 0.5) is 0 Å². The third-order valence-electron chi connectivity index (χ3n) is 0.862. The molecule has 0 radical (unpaired) electrons. The van der Waals surface area contributed by atoms with E-state index in [1.54, 1.807) is 3.58 Å². The molecule has 7 heavy (non-hydrogen) atoms. The van der Waals surface area contributed by atoms with Crippen LogP contribution >= 0.6 is 0 Å². The molecular weight excluding hydrogens is 200 g/mol. The molecule has 0 fully saturated rings. The second kappa shape index (κ2) is 2.03. The Labute approximate surface area is 53.8 Å². The van der Waals surface area contributed by atoms with Gasteiger partial charge in [-0.3, -0.25) is 0 Å². The van der Waals surface area contributed by atoms with E-state index >= 15 is 0 Å². The first-order chi connectivity index (χ1) is 3.29. The zero-order chi connectivity index (χ0) is 5.28. The van der Waals surface area contributed by atoms with Gasteiger partial charge in [0.05, 0.1) is 0 Å². The molecular formula is C6H8Te. The summed E-state index contributed by atoms with van der Waals surface area (Å²) in [5.41, 5.74) is 1.47. The summed E-state index contributed by atoms with van der Waals surface area (Å²) in [6.07, 6.45) is 0. The molecule has 0 aliphatic carbocycles. The molecule has 1 aromatic rings. The molecule has 0 aliphatic heterocycles. The fraction of sp³-hybridized carbons (Fsp3) is 0.333. The van der Waals surface area contributed by atoms with Gasteiger partial charge >= 0.3 is 53.6 Å². The first-order valence-electron chi connectivity index (χ1n) is 2.31. The van der Waals surface area contributed by atoms with Crippen molar-refractivity contribution in [2.24, 2.45) is 0 Å². The van der Waals surface area contributed by atoms with Crippen LogP contribution in [0.5, 0.6) is 0 Å². The summed E-state index contributed by atoms with van der Waals surface area (Å²) in [5, 5.41) is 0. The summed E-state index contributed by atoms with van der Waals surface area (Å²) in [7, 11) is 0. The average Bonchev–Trinajstić information content (AvgIpc) is 1.87. The van der Waals surface area contributed by atoms with Crippen molar-refractivity contribution in [1.29, 1.82) is 0 Å². The third-order valence-corrected chi connectivity index (χ3v) is 3.66. The minimum atomic E-state index is 0.187. The Morgan fingerprint density at radius 1 is 1.43 bits per heavy atom. The van der Waals surface area contributed by atoms with Crippen LogP contribution in [0, 0.1) is 13.8 Å². The fourth-order valence-electron chi connectivity index (χ4n) is 0.575. The topological polar surface area (TPSA) is 0 Å². The van der Waals surface area contributed by atoms with E-state index in [1.807, 2.05) is 0 Å². The van der Waals surface area contributed by atoms with Crippen LogP contribution in [0.25, 0.3) is 0 Å². The van der Waals surface area contributed by atoms with E-state index in [0.29, 0.717) is 0 Å². The predicted molar refractivity (Wildman–Crippen MR) is 32.9 cm³/mol. The van der Waals surface area contributed by atoms with E-state index < -0.39 is 0 Å². The van der Waals surface area contributed by atoms with Gasteiger partial charge in [-0.1, -0.05) is 0 Å². The van der Waals surface area contributed by atoms with Crippen molar-refractivity contribution in [3.05, 3.63) is 19.3 Å². The van der Waals surface area contributed by atoms with Crippen molar-refractivity contribution < 1.29 is 0 Å². The van der Waals surface area contributed by atoms with Crippen LogP contribution in [0.3, 0.4) is 0 Å². The Morgan fingerprint density at radius 3 is 2.29 bits per heavy atom. The molecule has 0 aromatic carbocycles. The van der Waals surface area contributed by atoms with Gasteiger partial charge in [0.15, 0.2) is 0 Å². The van der Waals surface area contributed by atoms with Gasteiger partial charge in [0.2, 0.25) is 0 Å². The van der Waals surface area contributed by atoms with Crippen LogP contribution in [-0.4, -0.2) is 20.4 Å². The molecule has 1 heterocycles. The molecule has 0 amide bonds. The van der Waals surface area contributed by atoms with E-state index in [9.17, 15) is 0 Å². The van der Waals surface area contributed by atoms with Crippen LogP contribution in [-0.2, 0) is 0 Å². The van der Waals surface area contributed by atoms with Crippen molar-refractivity contribution in [1.82, 2.24) is 0 Å². The zero-order valence-corrected chi connectivity index (χ0v) is 6.89. The van der Waals surface area contributed by atoms with E-state index in [2.05, 4.69) is 24.0 Å². The molecule has 38 valence electrons. The number of rotatable bonds is 0. The molecule has 0 spiro atoms. The Bertz CT molecular complexity index is 136. The predicted octanol–water partition coefficient (Wildman–Crippen LogP) is 1.36. The van der Waals surface area contributed by atoms with Crippen molar-refractivity contribution in [3.8, 4) is 0 Å². The molecule has 0 N–H and O–H groups in total. The van der Waals surface area contributed by atoms with E-state index in [1.165, 1.54) is 5.56 Å². The van der Waals surface area contributed by atoms with Crippen molar-refractivity contribution in [2.45, 2.75) is 13.8 Å². The minimum absolute atomic E-state index is 0.187. The Kier molecular flexibility index (Phi) is 1.57. The molecule has 0 bridgehead atoms. The Balaban J connectivity index is 3.04. The maximum absolute atomic E-state index is 2.38. The summed E-state index contributed by atoms with van der Waals surface area (Å²) in [5.74, 6) is 0. The van der Waals surface area contributed by atoms with Crippen LogP contribution < -0.4 is 0 Å². The van der Waals surface area contributed by atoms with Crippen molar-refractivity contribution in [3.63, 3.8) is 0 Å². The summed E-state index contributed by atoms with van der Waals surface area (Å²) in [6, 6.07) is 2.28. The van der Waals surface area contributed by atoms with Crippen LogP contribution in [0.15, 0.2) is 10.1 Å². The van der Waals surface area contributed by atoms with Gasteiger partial charge in [-0.15, -0.1) is 0 Å². The molecule has 1 aromatic heterocycles. The molecule has 0 saturated heterocycles. The fourth-order valence-corrected chi connectivity index (χ4v) is 2.55.